The molecule has 1 aromatic rings. The molecule has 1 aliphatic heterocycles. The first-order valence-corrected chi connectivity index (χ1v) is 6.08. The van der Waals surface area contributed by atoms with E-state index in [0.717, 1.165) is 23.1 Å². The van der Waals surface area contributed by atoms with E-state index in [1.807, 2.05) is 6.20 Å². The summed E-state index contributed by atoms with van der Waals surface area (Å²) in [5.41, 5.74) is 1.15. The van der Waals surface area contributed by atoms with Gasteiger partial charge in [-0.15, -0.1) is 0 Å². The molecule has 0 radical (unpaired) electrons. The number of anilines is 1. The molecular formula is C11H15BrN2O. The number of hydrogen-bond donors (Lipinski definition) is 1. The van der Waals surface area contributed by atoms with Gasteiger partial charge >= 0.3 is 0 Å². The van der Waals surface area contributed by atoms with Gasteiger partial charge in [0, 0.05) is 29.9 Å². The highest BCUT2D eigenvalue weighted by Crippen LogP contribution is 2.28. The zero-order chi connectivity index (χ0) is 10.7. The summed E-state index contributed by atoms with van der Waals surface area (Å²) in [6, 6.07) is 2.56. The number of pyridine rings is 1. The van der Waals surface area contributed by atoms with E-state index in [9.17, 15) is 0 Å². The molecule has 1 N–H and O–H groups in total. The van der Waals surface area contributed by atoms with Crippen LogP contribution in [0, 0.1) is 0 Å². The largest absolute Gasteiger partial charge is 0.396 e. The van der Waals surface area contributed by atoms with E-state index in [2.05, 4.69) is 31.9 Å². The highest BCUT2D eigenvalue weighted by atomic mass is 79.9. The Hall–Kier alpha value is -0.610. The fourth-order valence-corrected chi connectivity index (χ4v) is 2.54. The summed E-state index contributed by atoms with van der Waals surface area (Å²) >= 11 is 3.43. The van der Waals surface area contributed by atoms with Gasteiger partial charge in [-0.1, -0.05) is 0 Å². The monoisotopic (exact) mass is 270 g/mol. The van der Waals surface area contributed by atoms with Gasteiger partial charge in [0.1, 0.15) is 0 Å². The van der Waals surface area contributed by atoms with Crippen LogP contribution >= 0.6 is 15.9 Å². The van der Waals surface area contributed by atoms with Gasteiger partial charge in [0.05, 0.1) is 11.9 Å². The lowest BCUT2D eigenvalue weighted by Crippen LogP contribution is -2.29. The molecule has 82 valence electrons. The molecule has 3 nitrogen and oxygen atoms in total. The molecule has 0 aliphatic carbocycles. The topological polar surface area (TPSA) is 36.4 Å². The first kappa shape index (κ1) is 10.9. The van der Waals surface area contributed by atoms with Crippen molar-refractivity contribution in [3.05, 3.63) is 22.9 Å². The van der Waals surface area contributed by atoms with Gasteiger partial charge in [-0.3, -0.25) is 4.98 Å². The van der Waals surface area contributed by atoms with Crippen LogP contribution in [0.2, 0.25) is 0 Å². The molecule has 0 bridgehead atoms. The molecule has 2 heterocycles. The molecule has 4 heteroatoms. The summed E-state index contributed by atoms with van der Waals surface area (Å²) in [5, 5.41) is 8.99. The molecule has 15 heavy (non-hydrogen) atoms. The maximum absolute atomic E-state index is 8.99. The predicted molar refractivity (Wildman–Crippen MR) is 64.0 cm³/mol. The van der Waals surface area contributed by atoms with Crippen LogP contribution in [0.25, 0.3) is 0 Å². The van der Waals surface area contributed by atoms with Crippen molar-refractivity contribution in [1.82, 2.24) is 4.98 Å². The van der Waals surface area contributed by atoms with Crippen molar-refractivity contribution in [3.63, 3.8) is 0 Å². The van der Waals surface area contributed by atoms with Crippen LogP contribution in [-0.4, -0.2) is 29.3 Å². The summed E-state index contributed by atoms with van der Waals surface area (Å²) in [7, 11) is 0. The number of halogens is 1. The van der Waals surface area contributed by atoms with Crippen LogP contribution in [0.3, 0.4) is 0 Å². The molecule has 1 atom stereocenters. The Labute approximate surface area is 98.3 Å². The summed E-state index contributed by atoms with van der Waals surface area (Å²) in [4.78, 5) is 6.51. The Balaban J connectivity index is 2.15. The second kappa shape index (κ2) is 4.94. The third kappa shape index (κ3) is 2.49. The van der Waals surface area contributed by atoms with Gasteiger partial charge in [0.2, 0.25) is 0 Å². The maximum atomic E-state index is 8.99. The van der Waals surface area contributed by atoms with E-state index in [4.69, 9.17) is 5.11 Å². The SMILES string of the molecule is OCCC1CCCN1c1cncc(Br)c1. The lowest BCUT2D eigenvalue weighted by atomic mass is 10.1. The number of aliphatic hydroxyl groups excluding tert-OH is 1. The van der Waals surface area contributed by atoms with E-state index in [0.29, 0.717) is 6.04 Å². The van der Waals surface area contributed by atoms with Crippen molar-refractivity contribution in [1.29, 1.82) is 0 Å². The fourth-order valence-electron chi connectivity index (χ4n) is 2.18. The van der Waals surface area contributed by atoms with Crippen molar-refractivity contribution >= 4 is 21.6 Å². The summed E-state index contributed by atoms with van der Waals surface area (Å²) < 4.78 is 1.01. The standard InChI is InChI=1S/C11H15BrN2O/c12-9-6-11(8-13-7-9)14-4-1-2-10(14)3-5-15/h6-8,10,15H,1-5H2. The Morgan fingerprint density at radius 1 is 1.53 bits per heavy atom. The third-order valence-electron chi connectivity index (χ3n) is 2.86. The summed E-state index contributed by atoms with van der Waals surface area (Å²) in [5.74, 6) is 0. The minimum absolute atomic E-state index is 0.266. The number of hydrogen-bond acceptors (Lipinski definition) is 3. The lowest BCUT2D eigenvalue weighted by Gasteiger charge is -2.26. The van der Waals surface area contributed by atoms with E-state index in [-0.39, 0.29) is 6.61 Å². The molecule has 1 saturated heterocycles. The van der Waals surface area contributed by atoms with Gasteiger partial charge in [-0.25, -0.2) is 0 Å². The Morgan fingerprint density at radius 2 is 2.40 bits per heavy atom. The minimum Gasteiger partial charge on any atom is -0.396 e. The number of aliphatic hydroxyl groups is 1. The van der Waals surface area contributed by atoms with Crippen LogP contribution < -0.4 is 4.90 Å². The summed E-state index contributed by atoms with van der Waals surface area (Å²) in [6.07, 6.45) is 6.91. The fraction of sp³-hybridized carbons (Fsp3) is 0.545. The smallest absolute Gasteiger partial charge is 0.0566 e. The molecule has 0 spiro atoms. The zero-order valence-corrected chi connectivity index (χ0v) is 10.2. The second-order valence-electron chi connectivity index (χ2n) is 3.86. The van der Waals surface area contributed by atoms with E-state index in [1.54, 1.807) is 6.20 Å². The Bertz CT molecular complexity index is 332. The minimum atomic E-state index is 0.266. The molecule has 0 amide bonds. The first-order chi connectivity index (χ1) is 7.31. The molecule has 1 unspecified atom stereocenters. The van der Waals surface area contributed by atoms with Gasteiger partial charge in [-0.05, 0) is 41.3 Å². The highest BCUT2D eigenvalue weighted by molar-refractivity contribution is 9.10. The van der Waals surface area contributed by atoms with Gasteiger partial charge in [0.15, 0.2) is 0 Å². The number of nitrogens with zero attached hydrogens (tertiary/aromatic N) is 2. The second-order valence-corrected chi connectivity index (χ2v) is 4.78. The average molecular weight is 271 g/mol. The van der Waals surface area contributed by atoms with Crippen LogP contribution in [0.1, 0.15) is 19.3 Å². The molecule has 2 rings (SSSR count). The molecule has 1 fully saturated rings. The van der Waals surface area contributed by atoms with Crippen LogP contribution in [0.5, 0.6) is 0 Å². The third-order valence-corrected chi connectivity index (χ3v) is 3.30. The van der Waals surface area contributed by atoms with E-state index < -0.39 is 0 Å². The molecule has 0 aromatic carbocycles. The lowest BCUT2D eigenvalue weighted by molar-refractivity contribution is 0.276. The van der Waals surface area contributed by atoms with Crippen LogP contribution in [0.15, 0.2) is 22.9 Å². The Kier molecular flexibility index (Phi) is 3.59. The van der Waals surface area contributed by atoms with Crippen molar-refractivity contribution in [2.45, 2.75) is 25.3 Å². The zero-order valence-electron chi connectivity index (χ0n) is 8.56. The van der Waals surface area contributed by atoms with Crippen molar-refractivity contribution in [2.75, 3.05) is 18.1 Å². The first-order valence-electron chi connectivity index (χ1n) is 5.29. The summed E-state index contributed by atoms with van der Waals surface area (Å²) in [6.45, 7) is 1.34. The Morgan fingerprint density at radius 3 is 3.13 bits per heavy atom. The van der Waals surface area contributed by atoms with Crippen LogP contribution in [0.4, 0.5) is 5.69 Å². The van der Waals surface area contributed by atoms with Crippen LogP contribution in [-0.2, 0) is 0 Å². The quantitative estimate of drug-likeness (QED) is 0.915. The van der Waals surface area contributed by atoms with Gasteiger partial charge in [-0.2, -0.15) is 0 Å². The molecule has 1 aromatic heterocycles. The molecular weight excluding hydrogens is 256 g/mol. The number of aromatic nitrogens is 1. The molecule has 0 saturated carbocycles. The van der Waals surface area contributed by atoms with Crippen molar-refractivity contribution in [2.24, 2.45) is 0 Å². The van der Waals surface area contributed by atoms with Gasteiger partial charge in [0.25, 0.3) is 0 Å². The van der Waals surface area contributed by atoms with E-state index in [1.165, 1.54) is 12.8 Å². The van der Waals surface area contributed by atoms with Crippen molar-refractivity contribution in [3.8, 4) is 0 Å². The predicted octanol–water partition coefficient (Wildman–Crippen LogP) is 2.20. The van der Waals surface area contributed by atoms with E-state index >= 15 is 0 Å². The van der Waals surface area contributed by atoms with Crippen molar-refractivity contribution < 1.29 is 5.11 Å². The van der Waals surface area contributed by atoms with Gasteiger partial charge < -0.3 is 10.0 Å². The average Bonchev–Trinajstić information content (AvgIpc) is 2.66. The maximum Gasteiger partial charge on any atom is 0.0566 e. The number of rotatable bonds is 3. The highest BCUT2D eigenvalue weighted by Gasteiger charge is 2.24. The normalized spacial score (nSPS) is 20.9. The molecule has 1 aliphatic rings.